The SMILES string of the molecule is C[C@H](c1cccs1)N(C)C(=O)Nc1ccc(N2CCOC2=O)cc1. The molecule has 6 nitrogen and oxygen atoms in total. The zero-order valence-electron chi connectivity index (χ0n) is 13.6. The number of thiophene rings is 1. The van der Waals surface area contributed by atoms with E-state index >= 15 is 0 Å². The van der Waals surface area contributed by atoms with Crippen LogP contribution in [0, 0.1) is 0 Å². The number of nitrogens with zero attached hydrogens (tertiary/aromatic N) is 2. The van der Waals surface area contributed by atoms with Gasteiger partial charge in [0.2, 0.25) is 0 Å². The van der Waals surface area contributed by atoms with Gasteiger partial charge < -0.3 is 15.0 Å². The molecule has 3 rings (SSSR count). The highest BCUT2D eigenvalue weighted by atomic mass is 32.1. The second-order valence-corrected chi connectivity index (χ2v) is 6.52. The van der Waals surface area contributed by atoms with E-state index in [-0.39, 0.29) is 18.2 Å². The molecule has 0 unspecified atom stereocenters. The summed E-state index contributed by atoms with van der Waals surface area (Å²) in [7, 11) is 1.77. The Kier molecular flexibility index (Phi) is 4.71. The van der Waals surface area contributed by atoms with Crippen molar-refractivity contribution in [2.24, 2.45) is 0 Å². The van der Waals surface area contributed by atoms with Gasteiger partial charge in [-0.2, -0.15) is 0 Å². The lowest BCUT2D eigenvalue weighted by Gasteiger charge is -2.24. The monoisotopic (exact) mass is 345 g/mol. The Hall–Kier alpha value is -2.54. The summed E-state index contributed by atoms with van der Waals surface area (Å²) in [4.78, 5) is 28.3. The smallest absolute Gasteiger partial charge is 0.414 e. The number of anilines is 2. The van der Waals surface area contributed by atoms with Gasteiger partial charge in [0, 0.05) is 23.3 Å². The van der Waals surface area contributed by atoms with E-state index in [9.17, 15) is 9.59 Å². The molecule has 1 aromatic carbocycles. The lowest BCUT2D eigenvalue weighted by Crippen LogP contribution is -2.33. The Labute approximate surface area is 144 Å². The Morgan fingerprint density at radius 3 is 2.67 bits per heavy atom. The van der Waals surface area contributed by atoms with Crippen molar-refractivity contribution >= 4 is 34.8 Å². The second-order valence-electron chi connectivity index (χ2n) is 5.55. The largest absolute Gasteiger partial charge is 0.447 e. The Bertz CT molecular complexity index is 715. The van der Waals surface area contributed by atoms with Crippen LogP contribution in [0.2, 0.25) is 0 Å². The summed E-state index contributed by atoms with van der Waals surface area (Å²) in [6.07, 6.45) is -0.337. The average Bonchev–Trinajstić information content (AvgIpc) is 3.26. The molecule has 0 saturated carbocycles. The van der Waals surface area contributed by atoms with E-state index in [1.165, 1.54) is 0 Å². The number of hydrogen-bond acceptors (Lipinski definition) is 4. The molecule has 1 aliphatic rings. The fraction of sp³-hybridized carbons (Fsp3) is 0.294. The van der Waals surface area contributed by atoms with Crippen LogP contribution in [-0.4, -0.2) is 37.2 Å². The fourth-order valence-corrected chi connectivity index (χ4v) is 3.29. The molecule has 0 radical (unpaired) electrons. The maximum Gasteiger partial charge on any atom is 0.414 e. The van der Waals surface area contributed by atoms with Crippen LogP contribution in [0.4, 0.5) is 21.0 Å². The third-order valence-electron chi connectivity index (χ3n) is 4.05. The van der Waals surface area contributed by atoms with Crippen molar-refractivity contribution in [3.8, 4) is 0 Å². The number of hydrogen-bond donors (Lipinski definition) is 1. The van der Waals surface area contributed by atoms with E-state index in [1.807, 2.05) is 24.4 Å². The van der Waals surface area contributed by atoms with Gasteiger partial charge in [-0.15, -0.1) is 11.3 Å². The number of urea groups is 1. The van der Waals surface area contributed by atoms with Crippen LogP contribution in [0.15, 0.2) is 41.8 Å². The molecule has 3 amide bonds. The van der Waals surface area contributed by atoms with Gasteiger partial charge >= 0.3 is 12.1 Å². The minimum atomic E-state index is -0.337. The van der Waals surface area contributed by atoms with Crippen LogP contribution in [0.25, 0.3) is 0 Å². The van der Waals surface area contributed by atoms with Crippen molar-refractivity contribution in [3.63, 3.8) is 0 Å². The summed E-state index contributed by atoms with van der Waals surface area (Å²) >= 11 is 1.63. The van der Waals surface area contributed by atoms with E-state index in [1.54, 1.807) is 52.4 Å². The summed E-state index contributed by atoms with van der Waals surface area (Å²) in [5, 5.41) is 4.87. The molecule has 2 heterocycles. The van der Waals surface area contributed by atoms with Gasteiger partial charge in [0.25, 0.3) is 0 Å². The van der Waals surface area contributed by atoms with Gasteiger partial charge in [-0.1, -0.05) is 6.07 Å². The molecule has 0 bridgehead atoms. The molecule has 0 aliphatic carbocycles. The zero-order valence-corrected chi connectivity index (χ0v) is 14.4. The molecule has 24 heavy (non-hydrogen) atoms. The molecule has 0 spiro atoms. The van der Waals surface area contributed by atoms with E-state index in [2.05, 4.69) is 5.32 Å². The van der Waals surface area contributed by atoms with Gasteiger partial charge in [0.1, 0.15) is 6.61 Å². The number of ether oxygens (including phenoxy) is 1. The first-order valence-corrected chi connectivity index (χ1v) is 8.56. The number of carbonyl (C=O) groups is 2. The maximum absolute atomic E-state index is 12.4. The molecule has 126 valence electrons. The molecule has 1 fully saturated rings. The molecule has 1 aromatic heterocycles. The lowest BCUT2D eigenvalue weighted by atomic mass is 10.2. The Morgan fingerprint density at radius 1 is 1.33 bits per heavy atom. The molecule has 1 atom stereocenters. The van der Waals surface area contributed by atoms with Crippen molar-refractivity contribution in [1.29, 1.82) is 0 Å². The van der Waals surface area contributed by atoms with Crippen LogP contribution in [0.1, 0.15) is 17.8 Å². The highest BCUT2D eigenvalue weighted by molar-refractivity contribution is 7.10. The van der Waals surface area contributed by atoms with Crippen molar-refractivity contribution in [2.75, 3.05) is 30.4 Å². The summed E-state index contributed by atoms with van der Waals surface area (Å²) in [5.74, 6) is 0. The number of rotatable bonds is 4. The van der Waals surface area contributed by atoms with E-state index in [0.29, 0.717) is 18.8 Å². The van der Waals surface area contributed by atoms with Crippen LogP contribution in [0.5, 0.6) is 0 Å². The Morgan fingerprint density at radius 2 is 2.08 bits per heavy atom. The van der Waals surface area contributed by atoms with Crippen molar-refractivity contribution in [1.82, 2.24) is 4.90 Å². The number of cyclic esters (lactones) is 1. The first kappa shape index (κ1) is 16.3. The molecule has 1 saturated heterocycles. The predicted octanol–water partition coefficient (Wildman–Crippen LogP) is 3.93. The quantitative estimate of drug-likeness (QED) is 0.913. The van der Waals surface area contributed by atoms with Gasteiger partial charge in [0.05, 0.1) is 12.6 Å². The van der Waals surface area contributed by atoms with Crippen LogP contribution in [-0.2, 0) is 4.74 Å². The number of benzene rings is 1. The first-order valence-electron chi connectivity index (χ1n) is 7.68. The predicted molar refractivity (Wildman–Crippen MR) is 94.7 cm³/mol. The highest BCUT2D eigenvalue weighted by Gasteiger charge is 2.23. The van der Waals surface area contributed by atoms with Crippen molar-refractivity contribution in [3.05, 3.63) is 46.7 Å². The number of amides is 3. The summed E-state index contributed by atoms with van der Waals surface area (Å²) < 4.78 is 4.92. The summed E-state index contributed by atoms with van der Waals surface area (Å²) in [6.45, 7) is 2.95. The van der Waals surface area contributed by atoms with Crippen LogP contribution in [0.3, 0.4) is 0 Å². The second kappa shape index (κ2) is 6.92. The first-order chi connectivity index (χ1) is 11.6. The molecular weight excluding hydrogens is 326 g/mol. The Balaban J connectivity index is 1.63. The van der Waals surface area contributed by atoms with E-state index < -0.39 is 0 Å². The third kappa shape index (κ3) is 3.35. The van der Waals surface area contributed by atoms with Gasteiger partial charge in [0.15, 0.2) is 0 Å². The topological polar surface area (TPSA) is 61.9 Å². The van der Waals surface area contributed by atoms with Crippen LogP contribution < -0.4 is 10.2 Å². The fourth-order valence-electron chi connectivity index (χ4n) is 2.46. The van der Waals surface area contributed by atoms with Crippen molar-refractivity contribution in [2.45, 2.75) is 13.0 Å². The maximum atomic E-state index is 12.4. The summed E-state index contributed by atoms with van der Waals surface area (Å²) in [6, 6.07) is 11.0. The van der Waals surface area contributed by atoms with E-state index in [4.69, 9.17) is 4.74 Å². The van der Waals surface area contributed by atoms with Gasteiger partial charge in [-0.3, -0.25) is 4.90 Å². The number of nitrogens with one attached hydrogen (secondary N) is 1. The van der Waals surface area contributed by atoms with Gasteiger partial charge in [-0.25, -0.2) is 9.59 Å². The molecule has 7 heteroatoms. The molecular formula is C17H19N3O3S. The summed E-state index contributed by atoms with van der Waals surface area (Å²) in [5.41, 5.74) is 1.44. The third-order valence-corrected chi connectivity index (χ3v) is 5.09. The molecule has 2 aromatic rings. The minimum Gasteiger partial charge on any atom is -0.447 e. The zero-order chi connectivity index (χ0) is 17.1. The lowest BCUT2D eigenvalue weighted by molar-refractivity contribution is 0.181. The molecule has 1 aliphatic heterocycles. The van der Waals surface area contributed by atoms with Crippen LogP contribution >= 0.6 is 11.3 Å². The normalized spacial score (nSPS) is 15.1. The molecule has 1 N–H and O–H groups in total. The van der Waals surface area contributed by atoms with Crippen molar-refractivity contribution < 1.29 is 14.3 Å². The number of carbonyl (C=O) groups excluding carboxylic acids is 2. The van der Waals surface area contributed by atoms with E-state index in [0.717, 1.165) is 10.6 Å². The standard InChI is InChI=1S/C17H19N3O3S/c1-12(15-4-3-11-24-15)19(2)16(21)18-13-5-7-14(8-6-13)20-9-10-23-17(20)22/h3-8,11-12H,9-10H2,1-2H3,(H,18,21)/t12-/m1/s1. The van der Waals surface area contributed by atoms with Gasteiger partial charge in [-0.05, 0) is 42.6 Å². The highest BCUT2D eigenvalue weighted by Crippen LogP contribution is 2.25. The average molecular weight is 345 g/mol. The minimum absolute atomic E-state index is 0.00337.